The zero-order valence-electron chi connectivity index (χ0n) is 14.9. The van der Waals surface area contributed by atoms with E-state index in [2.05, 4.69) is 50.3 Å². The third-order valence-electron chi connectivity index (χ3n) is 4.93. The number of fused-ring (bicyclic) bond motifs is 2. The Labute approximate surface area is 156 Å². The molecule has 1 unspecified atom stereocenters. The summed E-state index contributed by atoms with van der Waals surface area (Å²) in [5, 5.41) is 2.67. The van der Waals surface area contributed by atoms with Crippen LogP contribution in [0.1, 0.15) is 36.7 Å². The molecule has 0 saturated carbocycles. The average molecular weight is 367 g/mol. The maximum Gasteiger partial charge on any atom is 0.229 e. The first-order valence-corrected chi connectivity index (χ1v) is 9.67. The number of anilines is 1. The monoisotopic (exact) mass is 367 g/mol. The lowest BCUT2D eigenvalue weighted by atomic mass is 10.1. The SMILES string of the molecule is CC(=O)Nc1ncc2c(n1)CCN(C(C)c1ccc3scnc3c1)CC2. The van der Waals surface area contributed by atoms with Gasteiger partial charge in [0.15, 0.2) is 0 Å². The smallest absolute Gasteiger partial charge is 0.229 e. The van der Waals surface area contributed by atoms with E-state index in [9.17, 15) is 4.79 Å². The van der Waals surface area contributed by atoms with Gasteiger partial charge in [-0.1, -0.05) is 6.07 Å². The molecule has 3 heterocycles. The molecule has 0 bridgehead atoms. The van der Waals surface area contributed by atoms with Gasteiger partial charge in [-0.25, -0.2) is 15.0 Å². The predicted octanol–water partition coefficient (Wildman–Crippen LogP) is 3.21. The van der Waals surface area contributed by atoms with Crippen LogP contribution in [-0.2, 0) is 17.6 Å². The summed E-state index contributed by atoms with van der Waals surface area (Å²) in [6.07, 6.45) is 3.62. The number of aromatic nitrogens is 3. The number of rotatable bonds is 3. The summed E-state index contributed by atoms with van der Waals surface area (Å²) >= 11 is 1.67. The average Bonchev–Trinajstić information content (AvgIpc) is 2.99. The van der Waals surface area contributed by atoms with Crippen molar-refractivity contribution >= 4 is 33.4 Å². The third kappa shape index (κ3) is 3.45. The van der Waals surface area contributed by atoms with E-state index in [1.54, 1.807) is 11.3 Å². The normalized spacial score (nSPS) is 16.1. The lowest BCUT2D eigenvalue weighted by molar-refractivity contribution is -0.114. The van der Waals surface area contributed by atoms with E-state index in [4.69, 9.17) is 0 Å². The fraction of sp³-hybridized carbons (Fsp3) is 0.368. The van der Waals surface area contributed by atoms with E-state index < -0.39 is 0 Å². The second-order valence-electron chi connectivity index (χ2n) is 6.64. The number of nitrogens with zero attached hydrogens (tertiary/aromatic N) is 4. The number of nitrogens with one attached hydrogen (secondary N) is 1. The largest absolute Gasteiger partial charge is 0.296 e. The molecule has 0 spiro atoms. The number of thiazole rings is 1. The summed E-state index contributed by atoms with van der Waals surface area (Å²) in [6.45, 7) is 5.61. The Bertz CT molecular complexity index is 954. The zero-order chi connectivity index (χ0) is 18.1. The van der Waals surface area contributed by atoms with Crippen molar-refractivity contribution in [1.29, 1.82) is 0 Å². The van der Waals surface area contributed by atoms with E-state index in [0.717, 1.165) is 37.1 Å². The fourth-order valence-corrected chi connectivity index (χ4v) is 4.10. The summed E-state index contributed by atoms with van der Waals surface area (Å²) in [5.74, 6) is 0.248. The van der Waals surface area contributed by atoms with Gasteiger partial charge in [-0.05, 0) is 36.6 Å². The van der Waals surface area contributed by atoms with Gasteiger partial charge in [0.25, 0.3) is 0 Å². The van der Waals surface area contributed by atoms with Crippen LogP contribution in [0.2, 0.25) is 0 Å². The molecular formula is C19H21N5OS. The molecule has 26 heavy (non-hydrogen) atoms. The lowest BCUT2D eigenvalue weighted by Gasteiger charge is -2.27. The quantitative estimate of drug-likeness (QED) is 0.770. The molecule has 2 aromatic heterocycles. The van der Waals surface area contributed by atoms with Crippen molar-refractivity contribution in [2.75, 3.05) is 18.4 Å². The molecule has 6 nitrogen and oxygen atoms in total. The highest BCUT2D eigenvalue weighted by molar-refractivity contribution is 7.16. The van der Waals surface area contributed by atoms with Crippen molar-refractivity contribution in [1.82, 2.24) is 19.9 Å². The van der Waals surface area contributed by atoms with Gasteiger partial charge in [0, 0.05) is 38.7 Å². The van der Waals surface area contributed by atoms with E-state index in [1.807, 2.05) is 11.7 Å². The van der Waals surface area contributed by atoms with E-state index >= 15 is 0 Å². The standard InChI is InChI=1S/C19H21N5OS/c1-12(14-3-4-18-17(9-14)21-11-26-18)24-7-5-15-10-20-19(22-13(2)25)23-16(15)6-8-24/h3-4,9-12H,5-8H2,1-2H3,(H,20,22,23,25). The summed E-state index contributed by atoms with van der Waals surface area (Å²) in [7, 11) is 0. The van der Waals surface area contributed by atoms with Gasteiger partial charge in [0.2, 0.25) is 11.9 Å². The number of carbonyl (C=O) groups excluding carboxylic acids is 1. The highest BCUT2D eigenvalue weighted by atomic mass is 32.1. The Morgan fingerprint density at radius 1 is 1.27 bits per heavy atom. The summed E-state index contributed by atoms with van der Waals surface area (Å²) in [4.78, 5) is 26.9. The molecule has 1 amide bonds. The minimum atomic E-state index is -0.147. The zero-order valence-corrected chi connectivity index (χ0v) is 15.7. The molecule has 0 saturated heterocycles. The van der Waals surface area contributed by atoms with Crippen LogP contribution in [0.15, 0.2) is 29.9 Å². The van der Waals surface area contributed by atoms with Crippen LogP contribution in [0, 0.1) is 0 Å². The second-order valence-corrected chi connectivity index (χ2v) is 7.52. The third-order valence-corrected chi connectivity index (χ3v) is 5.74. The van der Waals surface area contributed by atoms with Crippen molar-refractivity contribution in [3.8, 4) is 0 Å². The summed E-state index contributed by atoms with van der Waals surface area (Å²) in [6, 6.07) is 6.88. The van der Waals surface area contributed by atoms with Crippen LogP contribution in [0.5, 0.6) is 0 Å². The molecule has 134 valence electrons. The Morgan fingerprint density at radius 3 is 2.96 bits per heavy atom. The highest BCUT2D eigenvalue weighted by Crippen LogP contribution is 2.27. The molecule has 0 radical (unpaired) electrons. The molecule has 0 aliphatic carbocycles. The Morgan fingerprint density at radius 2 is 2.12 bits per heavy atom. The van der Waals surface area contributed by atoms with E-state index in [1.165, 1.54) is 22.8 Å². The van der Waals surface area contributed by atoms with E-state index in [-0.39, 0.29) is 5.91 Å². The van der Waals surface area contributed by atoms with Gasteiger partial charge >= 0.3 is 0 Å². The summed E-state index contributed by atoms with van der Waals surface area (Å²) < 4.78 is 1.23. The van der Waals surface area contributed by atoms with Crippen molar-refractivity contribution in [3.05, 3.63) is 46.7 Å². The predicted molar refractivity (Wildman–Crippen MR) is 103 cm³/mol. The first kappa shape index (κ1) is 17.1. The number of amides is 1. The molecule has 7 heteroatoms. The van der Waals surface area contributed by atoms with Crippen molar-refractivity contribution < 1.29 is 4.79 Å². The van der Waals surface area contributed by atoms with Crippen LogP contribution in [0.4, 0.5) is 5.95 Å². The number of hydrogen-bond donors (Lipinski definition) is 1. The molecule has 4 rings (SSSR count). The van der Waals surface area contributed by atoms with Crippen molar-refractivity contribution in [3.63, 3.8) is 0 Å². The molecule has 3 aromatic rings. The highest BCUT2D eigenvalue weighted by Gasteiger charge is 2.21. The van der Waals surface area contributed by atoms with Gasteiger partial charge in [0.1, 0.15) is 0 Å². The van der Waals surface area contributed by atoms with Gasteiger partial charge < -0.3 is 0 Å². The van der Waals surface area contributed by atoms with E-state index in [0.29, 0.717) is 12.0 Å². The Balaban J connectivity index is 1.51. The minimum Gasteiger partial charge on any atom is -0.296 e. The first-order chi connectivity index (χ1) is 12.6. The molecule has 1 aliphatic heterocycles. The molecule has 0 fully saturated rings. The first-order valence-electron chi connectivity index (χ1n) is 8.80. The lowest BCUT2D eigenvalue weighted by Crippen LogP contribution is -2.29. The topological polar surface area (TPSA) is 71.0 Å². The molecule has 1 aromatic carbocycles. The molecule has 1 N–H and O–H groups in total. The second kappa shape index (κ2) is 7.09. The molecular weight excluding hydrogens is 346 g/mol. The summed E-state index contributed by atoms with van der Waals surface area (Å²) in [5.41, 5.74) is 6.47. The van der Waals surface area contributed by atoms with Crippen LogP contribution < -0.4 is 5.32 Å². The van der Waals surface area contributed by atoms with Gasteiger partial charge in [-0.15, -0.1) is 11.3 Å². The van der Waals surface area contributed by atoms with Crippen LogP contribution >= 0.6 is 11.3 Å². The fourth-order valence-electron chi connectivity index (χ4n) is 3.44. The number of benzene rings is 1. The number of carbonyl (C=O) groups is 1. The van der Waals surface area contributed by atoms with Crippen LogP contribution in [0.25, 0.3) is 10.2 Å². The molecule has 1 aliphatic rings. The maximum atomic E-state index is 11.2. The maximum absolute atomic E-state index is 11.2. The van der Waals surface area contributed by atoms with Gasteiger partial charge in [0.05, 0.1) is 21.4 Å². The number of hydrogen-bond acceptors (Lipinski definition) is 6. The van der Waals surface area contributed by atoms with Crippen molar-refractivity contribution in [2.24, 2.45) is 0 Å². The van der Waals surface area contributed by atoms with Crippen LogP contribution in [0.3, 0.4) is 0 Å². The minimum absolute atomic E-state index is 0.147. The van der Waals surface area contributed by atoms with Crippen LogP contribution in [-0.4, -0.2) is 38.8 Å². The van der Waals surface area contributed by atoms with Crippen molar-refractivity contribution in [2.45, 2.75) is 32.7 Å². The van der Waals surface area contributed by atoms with Gasteiger partial charge in [-0.2, -0.15) is 0 Å². The Kier molecular flexibility index (Phi) is 4.65. The Hall–Kier alpha value is -2.38. The van der Waals surface area contributed by atoms with Gasteiger partial charge in [-0.3, -0.25) is 15.0 Å². The molecule has 1 atom stereocenters.